The Balaban J connectivity index is 2.14. The third kappa shape index (κ3) is 1.53. The fourth-order valence-electron chi connectivity index (χ4n) is 3.93. The molecule has 2 aliphatic rings. The minimum atomic E-state index is 0.774. The lowest BCUT2D eigenvalue weighted by molar-refractivity contribution is 0.125. The smallest absolute Gasteiger partial charge is 0.0246 e. The molecule has 2 saturated carbocycles. The van der Waals surface area contributed by atoms with Crippen molar-refractivity contribution in [1.29, 1.82) is 0 Å². The monoisotopic (exact) mass is 180 g/mol. The molecule has 2 unspecified atom stereocenters. The van der Waals surface area contributed by atoms with Crippen molar-refractivity contribution < 1.29 is 0 Å². The van der Waals surface area contributed by atoms with Gasteiger partial charge in [-0.1, -0.05) is 39.5 Å². The molecule has 76 valence electrons. The molecule has 0 aromatic rings. The van der Waals surface area contributed by atoms with Gasteiger partial charge in [0.15, 0.2) is 0 Å². The maximum absolute atomic E-state index is 2.51. The van der Waals surface area contributed by atoms with Crippen molar-refractivity contribution in [2.45, 2.75) is 65.2 Å². The summed E-state index contributed by atoms with van der Waals surface area (Å²) in [5, 5.41) is 0. The Hall–Kier alpha value is 0. The quantitative estimate of drug-likeness (QED) is 0.518. The molecule has 0 amide bonds. The predicted octanol–water partition coefficient (Wildman–Crippen LogP) is 4.39. The third-order valence-electron chi connectivity index (χ3n) is 5.03. The normalized spacial score (nSPS) is 39.2. The van der Waals surface area contributed by atoms with Crippen molar-refractivity contribution in [2.75, 3.05) is 0 Å². The zero-order valence-electron chi connectivity index (χ0n) is 9.31. The molecule has 0 aromatic carbocycles. The third-order valence-corrected chi connectivity index (χ3v) is 5.03. The van der Waals surface area contributed by atoms with E-state index in [1.807, 2.05) is 0 Å². The highest BCUT2D eigenvalue weighted by Crippen LogP contribution is 2.55. The fourth-order valence-corrected chi connectivity index (χ4v) is 3.93. The lowest BCUT2D eigenvalue weighted by Crippen LogP contribution is -2.28. The van der Waals surface area contributed by atoms with Crippen LogP contribution in [0.4, 0.5) is 0 Å². The van der Waals surface area contributed by atoms with Crippen LogP contribution in [0.5, 0.6) is 0 Å². The number of hydrogen-bond acceptors (Lipinski definition) is 0. The first kappa shape index (κ1) is 9.55. The SMILES string of the molecule is CC1CCC(C)C12CCCCCC2. The van der Waals surface area contributed by atoms with Crippen LogP contribution in [0.25, 0.3) is 0 Å². The van der Waals surface area contributed by atoms with Gasteiger partial charge in [0.25, 0.3) is 0 Å². The van der Waals surface area contributed by atoms with Gasteiger partial charge in [-0.15, -0.1) is 0 Å². The van der Waals surface area contributed by atoms with E-state index >= 15 is 0 Å². The van der Waals surface area contributed by atoms with Gasteiger partial charge in [-0.3, -0.25) is 0 Å². The van der Waals surface area contributed by atoms with Crippen LogP contribution < -0.4 is 0 Å². The molecule has 0 saturated heterocycles. The summed E-state index contributed by atoms with van der Waals surface area (Å²) in [5.74, 6) is 2.03. The van der Waals surface area contributed by atoms with Crippen molar-refractivity contribution >= 4 is 0 Å². The summed E-state index contributed by atoms with van der Waals surface area (Å²) < 4.78 is 0. The lowest BCUT2D eigenvalue weighted by atomic mass is 9.68. The van der Waals surface area contributed by atoms with Gasteiger partial charge in [-0.2, -0.15) is 0 Å². The second kappa shape index (κ2) is 3.63. The van der Waals surface area contributed by atoms with E-state index in [0.717, 1.165) is 17.3 Å². The van der Waals surface area contributed by atoms with Crippen LogP contribution in [0.3, 0.4) is 0 Å². The van der Waals surface area contributed by atoms with E-state index in [1.165, 1.54) is 51.4 Å². The van der Waals surface area contributed by atoms with Crippen LogP contribution in [0.2, 0.25) is 0 Å². The van der Waals surface area contributed by atoms with E-state index in [9.17, 15) is 0 Å². The summed E-state index contributed by atoms with van der Waals surface area (Å²) in [7, 11) is 0. The fraction of sp³-hybridized carbons (Fsp3) is 1.00. The van der Waals surface area contributed by atoms with Crippen LogP contribution in [0.15, 0.2) is 0 Å². The molecule has 0 aliphatic heterocycles. The molecule has 0 nitrogen and oxygen atoms in total. The Morgan fingerprint density at radius 3 is 1.69 bits per heavy atom. The molecule has 1 spiro atoms. The zero-order chi connectivity index (χ0) is 9.31. The molecule has 0 N–H and O–H groups in total. The summed E-state index contributed by atoms with van der Waals surface area (Å²) in [6.07, 6.45) is 12.1. The summed E-state index contributed by atoms with van der Waals surface area (Å²) in [4.78, 5) is 0. The average Bonchev–Trinajstić information content (AvgIpc) is 2.38. The molecule has 13 heavy (non-hydrogen) atoms. The van der Waals surface area contributed by atoms with Crippen LogP contribution >= 0.6 is 0 Å². The Labute approximate surface area is 83.1 Å². The Kier molecular flexibility index (Phi) is 2.67. The topological polar surface area (TPSA) is 0 Å². The number of rotatable bonds is 0. The summed E-state index contributed by atoms with van der Waals surface area (Å²) in [6, 6.07) is 0. The highest BCUT2D eigenvalue weighted by atomic mass is 14.5. The van der Waals surface area contributed by atoms with Gasteiger partial charge in [-0.05, 0) is 42.9 Å². The Morgan fingerprint density at radius 1 is 0.769 bits per heavy atom. The van der Waals surface area contributed by atoms with Gasteiger partial charge in [-0.25, -0.2) is 0 Å². The summed E-state index contributed by atoms with van der Waals surface area (Å²) in [6.45, 7) is 5.02. The molecule has 2 aliphatic carbocycles. The van der Waals surface area contributed by atoms with Crippen LogP contribution in [0.1, 0.15) is 65.2 Å². The van der Waals surface area contributed by atoms with E-state index in [0.29, 0.717) is 0 Å². The summed E-state index contributed by atoms with van der Waals surface area (Å²) >= 11 is 0. The maximum Gasteiger partial charge on any atom is -0.0246 e. The van der Waals surface area contributed by atoms with Gasteiger partial charge in [0.05, 0.1) is 0 Å². The largest absolute Gasteiger partial charge is 0.0620 e. The van der Waals surface area contributed by atoms with Crippen LogP contribution in [0, 0.1) is 17.3 Å². The van der Waals surface area contributed by atoms with Crippen molar-refractivity contribution in [3.8, 4) is 0 Å². The first-order valence-corrected chi connectivity index (χ1v) is 6.26. The first-order chi connectivity index (χ1) is 6.26. The van der Waals surface area contributed by atoms with E-state index < -0.39 is 0 Å². The standard InChI is InChI=1S/C13H24/c1-11-7-8-12(2)13(11)9-5-3-4-6-10-13/h11-12H,3-10H2,1-2H3. The van der Waals surface area contributed by atoms with Crippen LogP contribution in [-0.2, 0) is 0 Å². The van der Waals surface area contributed by atoms with Gasteiger partial charge in [0, 0.05) is 0 Å². The minimum Gasteiger partial charge on any atom is -0.0620 e. The van der Waals surface area contributed by atoms with Gasteiger partial charge in [0.1, 0.15) is 0 Å². The number of hydrogen-bond donors (Lipinski definition) is 0. The summed E-state index contributed by atoms with van der Waals surface area (Å²) in [5.41, 5.74) is 0.774. The molecule has 0 heteroatoms. The second-order valence-corrected chi connectivity index (χ2v) is 5.53. The second-order valence-electron chi connectivity index (χ2n) is 5.53. The van der Waals surface area contributed by atoms with Crippen molar-refractivity contribution in [2.24, 2.45) is 17.3 Å². The zero-order valence-corrected chi connectivity index (χ0v) is 9.31. The van der Waals surface area contributed by atoms with Crippen molar-refractivity contribution in [1.82, 2.24) is 0 Å². The van der Waals surface area contributed by atoms with E-state index in [-0.39, 0.29) is 0 Å². The molecule has 2 atom stereocenters. The van der Waals surface area contributed by atoms with Crippen molar-refractivity contribution in [3.05, 3.63) is 0 Å². The van der Waals surface area contributed by atoms with E-state index in [4.69, 9.17) is 0 Å². The molecule has 0 bridgehead atoms. The van der Waals surface area contributed by atoms with Crippen molar-refractivity contribution in [3.63, 3.8) is 0 Å². The van der Waals surface area contributed by atoms with Gasteiger partial charge in [0.2, 0.25) is 0 Å². The molecule has 2 fully saturated rings. The lowest BCUT2D eigenvalue weighted by Gasteiger charge is -2.37. The van der Waals surface area contributed by atoms with Crippen LogP contribution in [-0.4, -0.2) is 0 Å². The molecule has 2 rings (SSSR count). The van der Waals surface area contributed by atoms with E-state index in [1.54, 1.807) is 0 Å². The predicted molar refractivity (Wildman–Crippen MR) is 57.7 cm³/mol. The van der Waals surface area contributed by atoms with Gasteiger partial charge >= 0.3 is 0 Å². The Bertz CT molecular complexity index is 151. The highest BCUT2D eigenvalue weighted by Gasteiger charge is 2.44. The molecule has 0 heterocycles. The van der Waals surface area contributed by atoms with E-state index in [2.05, 4.69) is 13.8 Å². The van der Waals surface area contributed by atoms with Gasteiger partial charge < -0.3 is 0 Å². The molecule has 0 radical (unpaired) electrons. The maximum atomic E-state index is 2.51. The molecular weight excluding hydrogens is 156 g/mol. The highest BCUT2D eigenvalue weighted by molar-refractivity contribution is 4.95. The minimum absolute atomic E-state index is 0.774. The molecular formula is C13H24. The average molecular weight is 180 g/mol. The first-order valence-electron chi connectivity index (χ1n) is 6.26. The molecule has 0 aromatic heterocycles. The Morgan fingerprint density at radius 2 is 1.23 bits per heavy atom.